The van der Waals surface area contributed by atoms with Crippen molar-refractivity contribution in [1.29, 1.82) is 0 Å². The molecule has 2 aliphatic rings. The molecule has 0 spiro atoms. The maximum atomic E-state index is 13.0. The summed E-state index contributed by atoms with van der Waals surface area (Å²) in [5.74, 6) is 0.759. The smallest absolute Gasteiger partial charge is 0.339 e. The van der Waals surface area contributed by atoms with Crippen LogP contribution in [0.2, 0.25) is 0 Å². The Morgan fingerprint density at radius 1 is 0.931 bits per heavy atom. The van der Waals surface area contributed by atoms with Gasteiger partial charge in [0.1, 0.15) is 4.90 Å². The first-order valence-corrected chi connectivity index (χ1v) is 11.2. The van der Waals surface area contributed by atoms with Gasteiger partial charge in [-0.15, -0.1) is 0 Å². The number of rotatable bonds is 3. The molecule has 0 N–H and O–H groups in total. The van der Waals surface area contributed by atoms with Crippen molar-refractivity contribution in [2.24, 2.45) is 0 Å². The third-order valence-electron chi connectivity index (χ3n) is 6.23. The van der Waals surface area contributed by atoms with Gasteiger partial charge in [0, 0.05) is 13.0 Å². The van der Waals surface area contributed by atoms with Crippen LogP contribution in [-0.4, -0.2) is 15.5 Å². The van der Waals surface area contributed by atoms with Gasteiger partial charge >= 0.3 is 10.1 Å². The van der Waals surface area contributed by atoms with E-state index in [0.717, 1.165) is 28.8 Å². The lowest BCUT2D eigenvalue weighted by Gasteiger charge is -2.25. The van der Waals surface area contributed by atoms with Crippen LogP contribution in [0.25, 0.3) is 0 Å². The quantitative estimate of drug-likeness (QED) is 0.582. The Morgan fingerprint density at radius 3 is 2.41 bits per heavy atom. The van der Waals surface area contributed by atoms with E-state index in [0.29, 0.717) is 11.7 Å². The number of likely N-dealkylation sites (N-methyl/N-ethyl adjacent to an activating group) is 1. The van der Waals surface area contributed by atoms with E-state index in [1.165, 1.54) is 11.1 Å². The Bertz CT molecular complexity index is 1220. The van der Waals surface area contributed by atoms with E-state index in [2.05, 4.69) is 35.2 Å². The van der Waals surface area contributed by atoms with Crippen molar-refractivity contribution in [1.82, 2.24) is 0 Å². The Labute approximate surface area is 171 Å². The lowest BCUT2D eigenvalue weighted by atomic mass is 9.95. The second-order valence-electron chi connectivity index (χ2n) is 8.07. The zero-order chi connectivity index (χ0) is 20.3. The summed E-state index contributed by atoms with van der Waals surface area (Å²) in [7, 11) is -1.87. The average Bonchev–Trinajstić information content (AvgIpc) is 3.20. The number of benzene rings is 3. The topological polar surface area (TPSA) is 46.6 Å². The molecule has 1 aliphatic carbocycles. The summed E-state index contributed by atoms with van der Waals surface area (Å²) in [6.07, 6.45) is 0.964. The van der Waals surface area contributed by atoms with E-state index in [-0.39, 0.29) is 10.9 Å². The molecular weight excluding hydrogens is 382 g/mol. The summed E-state index contributed by atoms with van der Waals surface area (Å²) in [5, 5.41) is 0. The Hall–Kier alpha value is -2.79. The summed E-state index contributed by atoms with van der Waals surface area (Å²) in [5.41, 5.74) is 6.57. The molecule has 0 bridgehead atoms. The van der Waals surface area contributed by atoms with Gasteiger partial charge in [0.15, 0.2) is 5.75 Å². The van der Waals surface area contributed by atoms with Crippen molar-refractivity contribution in [3.05, 3.63) is 88.5 Å². The van der Waals surface area contributed by atoms with Crippen molar-refractivity contribution in [3.63, 3.8) is 0 Å². The molecule has 5 heteroatoms. The molecule has 1 aliphatic heterocycles. The minimum atomic E-state index is -3.91. The summed E-state index contributed by atoms with van der Waals surface area (Å²) >= 11 is 0. The number of anilines is 1. The standard InChI is InChI=1S/C24H23NO3S/c1-15-8-11-18(12-9-15)29(26,27)28-24-16(2)10-13-20-21-14-17-6-4-5-7-19(17)22(21)25(3)23(20)24/h4-13,21-22H,14H2,1-3H3. The number of hydrogen-bond acceptors (Lipinski definition) is 4. The van der Waals surface area contributed by atoms with Gasteiger partial charge in [-0.05, 0) is 54.7 Å². The molecule has 0 saturated heterocycles. The number of fused-ring (bicyclic) bond motifs is 5. The van der Waals surface area contributed by atoms with Gasteiger partial charge in [-0.2, -0.15) is 8.42 Å². The van der Waals surface area contributed by atoms with Crippen LogP contribution < -0.4 is 9.08 Å². The Morgan fingerprint density at radius 2 is 1.66 bits per heavy atom. The third-order valence-corrected chi connectivity index (χ3v) is 7.46. The molecule has 4 nitrogen and oxygen atoms in total. The maximum Gasteiger partial charge on any atom is 0.339 e. The maximum absolute atomic E-state index is 13.0. The van der Waals surface area contributed by atoms with Gasteiger partial charge < -0.3 is 9.08 Å². The largest absolute Gasteiger partial charge is 0.376 e. The minimum Gasteiger partial charge on any atom is -0.376 e. The predicted molar refractivity (Wildman–Crippen MR) is 114 cm³/mol. The van der Waals surface area contributed by atoms with Crippen molar-refractivity contribution in [3.8, 4) is 5.75 Å². The molecule has 2 atom stereocenters. The molecular formula is C24H23NO3S. The van der Waals surface area contributed by atoms with Gasteiger partial charge in [-0.1, -0.05) is 54.1 Å². The van der Waals surface area contributed by atoms with Crippen LogP contribution in [0.3, 0.4) is 0 Å². The molecule has 148 valence electrons. The zero-order valence-electron chi connectivity index (χ0n) is 16.7. The van der Waals surface area contributed by atoms with Crippen LogP contribution >= 0.6 is 0 Å². The van der Waals surface area contributed by atoms with E-state index in [4.69, 9.17) is 4.18 Å². The molecule has 0 aromatic heterocycles. The van der Waals surface area contributed by atoms with E-state index in [1.54, 1.807) is 24.3 Å². The lowest BCUT2D eigenvalue weighted by molar-refractivity contribution is 0.484. The molecule has 0 radical (unpaired) electrons. The fourth-order valence-electron chi connectivity index (χ4n) is 4.79. The molecule has 1 heterocycles. The lowest BCUT2D eigenvalue weighted by Crippen LogP contribution is -2.21. The highest BCUT2D eigenvalue weighted by Gasteiger charge is 2.45. The number of nitrogens with zero attached hydrogens (tertiary/aromatic N) is 1. The number of hydrogen-bond donors (Lipinski definition) is 0. The number of aryl methyl sites for hydroxylation is 2. The van der Waals surface area contributed by atoms with E-state index in [9.17, 15) is 8.42 Å². The molecule has 29 heavy (non-hydrogen) atoms. The SMILES string of the molecule is Cc1ccc(S(=O)(=O)Oc2c(C)ccc3c2N(C)C2c4ccccc4CC32)cc1. The van der Waals surface area contributed by atoms with Gasteiger partial charge in [-0.25, -0.2) is 0 Å². The van der Waals surface area contributed by atoms with Gasteiger partial charge in [0.05, 0.1) is 11.7 Å². The van der Waals surface area contributed by atoms with E-state index in [1.807, 2.05) is 27.0 Å². The minimum absolute atomic E-state index is 0.172. The third kappa shape index (κ3) is 2.76. The highest BCUT2D eigenvalue weighted by Crippen LogP contribution is 2.57. The molecule has 0 amide bonds. The molecule has 5 rings (SSSR count). The van der Waals surface area contributed by atoms with Crippen LogP contribution in [0.4, 0.5) is 5.69 Å². The van der Waals surface area contributed by atoms with E-state index < -0.39 is 10.1 Å². The summed E-state index contributed by atoms with van der Waals surface area (Å²) in [6.45, 7) is 3.83. The first kappa shape index (κ1) is 18.3. The van der Waals surface area contributed by atoms with E-state index >= 15 is 0 Å². The predicted octanol–water partition coefficient (Wildman–Crippen LogP) is 4.90. The zero-order valence-corrected chi connectivity index (χ0v) is 17.5. The fourth-order valence-corrected chi connectivity index (χ4v) is 5.79. The first-order valence-electron chi connectivity index (χ1n) is 9.82. The summed E-state index contributed by atoms with van der Waals surface area (Å²) in [4.78, 5) is 2.37. The second-order valence-corrected chi connectivity index (χ2v) is 9.61. The monoisotopic (exact) mass is 405 g/mol. The van der Waals surface area contributed by atoms with Crippen molar-refractivity contribution >= 4 is 15.8 Å². The van der Waals surface area contributed by atoms with Crippen LogP contribution in [0, 0.1) is 13.8 Å². The van der Waals surface area contributed by atoms with Crippen LogP contribution in [0.5, 0.6) is 5.75 Å². The van der Waals surface area contributed by atoms with Crippen molar-refractivity contribution in [2.75, 3.05) is 11.9 Å². The van der Waals surface area contributed by atoms with Crippen molar-refractivity contribution < 1.29 is 12.6 Å². The van der Waals surface area contributed by atoms with Gasteiger partial charge in [0.25, 0.3) is 0 Å². The highest BCUT2D eigenvalue weighted by atomic mass is 32.2. The van der Waals surface area contributed by atoms with Crippen LogP contribution in [-0.2, 0) is 16.5 Å². The second kappa shape index (κ2) is 6.36. The fraction of sp³-hybridized carbons (Fsp3) is 0.250. The molecule has 3 aromatic carbocycles. The molecule has 0 fully saturated rings. The summed E-state index contributed by atoms with van der Waals surface area (Å²) in [6, 6.07) is 19.6. The molecule has 0 saturated carbocycles. The Balaban J connectivity index is 1.58. The first-order chi connectivity index (χ1) is 13.9. The van der Waals surface area contributed by atoms with Crippen LogP contribution in [0.1, 0.15) is 39.8 Å². The van der Waals surface area contributed by atoms with Gasteiger partial charge in [-0.3, -0.25) is 0 Å². The highest BCUT2D eigenvalue weighted by molar-refractivity contribution is 7.87. The average molecular weight is 406 g/mol. The van der Waals surface area contributed by atoms with Gasteiger partial charge in [0.2, 0.25) is 0 Å². The Kier molecular flexibility index (Phi) is 4.00. The molecule has 2 unspecified atom stereocenters. The summed E-state index contributed by atoms with van der Waals surface area (Å²) < 4.78 is 31.7. The molecule has 3 aromatic rings. The van der Waals surface area contributed by atoms with Crippen LogP contribution in [0.15, 0.2) is 65.6 Å². The van der Waals surface area contributed by atoms with Crippen molar-refractivity contribution in [2.45, 2.75) is 37.1 Å². The normalized spacial score (nSPS) is 19.6.